The second-order valence-corrected chi connectivity index (χ2v) is 4.11. The van der Waals surface area contributed by atoms with Crippen molar-refractivity contribution in [1.29, 1.82) is 0 Å². The summed E-state index contributed by atoms with van der Waals surface area (Å²) in [6.07, 6.45) is 3.75. The van der Waals surface area contributed by atoms with E-state index >= 15 is 0 Å². The molecular formula is C11H15N3O3. The highest BCUT2D eigenvalue weighted by atomic mass is 16.4. The van der Waals surface area contributed by atoms with Crippen LogP contribution in [-0.2, 0) is 11.3 Å². The minimum atomic E-state index is -0.868. The van der Waals surface area contributed by atoms with Gasteiger partial charge in [-0.25, -0.2) is 0 Å². The number of hydrogen-bond acceptors (Lipinski definition) is 3. The highest BCUT2D eigenvalue weighted by Crippen LogP contribution is 2.11. The number of carbonyl (C=O) groups excluding carboxylic acids is 1. The van der Waals surface area contributed by atoms with Gasteiger partial charge in [0.2, 0.25) is 0 Å². The molecule has 1 saturated heterocycles. The maximum Gasteiger partial charge on any atom is 0.305 e. The molecule has 1 aromatic heterocycles. The number of aromatic nitrogens is 2. The summed E-state index contributed by atoms with van der Waals surface area (Å²) in [7, 11) is 0. The van der Waals surface area contributed by atoms with Crippen LogP contribution in [0.5, 0.6) is 0 Å². The molecule has 0 radical (unpaired) electrons. The van der Waals surface area contributed by atoms with Gasteiger partial charge in [-0.1, -0.05) is 0 Å². The fourth-order valence-corrected chi connectivity index (χ4v) is 1.89. The quantitative estimate of drug-likeness (QED) is 0.831. The van der Waals surface area contributed by atoms with Crippen molar-refractivity contribution in [3.8, 4) is 0 Å². The lowest BCUT2D eigenvalue weighted by molar-refractivity contribution is -0.137. The first-order valence-electron chi connectivity index (χ1n) is 5.71. The lowest BCUT2D eigenvalue weighted by atomic mass is 10.4. The fraction of sp³-hybridized carbons (Fsp3) is 0.545. The third-order valence-corrected chi connectivity index (χ3v) is 2.81. The van der Waals surface area contributed by atoms with Crippen molar-refractivity contribution >= 4 is 11.9 Å². The number of carboxylic acid groups (broad SMARTS) is 1. The number of carbonyl (C=O) groups is 2. The number of rotatable bonds is 4. The van der Waals surface area contributed by atoms with Gasteiger partial charge in [-0.05, 0) is 18.9 Å². The van der Waals surface area contributed by atoms with Crippen molar-refractivity contribution in [2.75, 3.05) is 13.1 Å². The summed E-state index contributed by atoms with van der Waals surface area (Å²) in [5.74, 6) is -0.926. The zero-order valence-electron chi connectivity index (χ0n) is 9.50. The van der Waals surface area contributed by atoms with Crippen LogP contribution in [0.4, 0.5) is 0 Å². The number of amides is 1. The summed E-state index contributed by atoms with van der Waals surface area (Å²) < 4.78 is 1.50. The lowest BCUT2D eigenvalue weighted by Gasteiger charge is -2.12. The Morgan fingerprint density at radius 1 is 1.35 bits per heavy atom. The minimum absolute atomic E-state index is 0.0129. The molecule has 0 bridgehead atoms. The Kier molecular flexibility index (Phi) is 3.41. The standard InChI is InChI=1S/C11H15N3O3/c15-10(16)4-8-14-7-3-9(12-14)11(17)13-5-1-2-6-13/h3,7H,1-2,4-6,8H2,(H,15,16). The van der Waals surface area contributed by atoms with Crippen molar-refractivity contribution in [1.82, 2.24) is 14.7 Å². The third kappa shape index (κ3) is 2.83. The van der Waals surface area contributed by atoms with Crippen LogP contribution in [0.25, 0.3) is 0 Å². The summed E-state index contributed by atoms with van der Waals surface area (Å²) >= 11 is 0. The first kappa shape index (κ1) is 11.6. The van der Waals surface area contributed by atoms with Crippen LogP contribution in [-0.4, -0.2) is 44.8 Å². The van der Waals surface area contributed by atoms with E-state index in [1.54, 1.807) is 17.2 Å². The first-order valence-corrected chi connectivity index (χ1v) is 5.71. The van der Waals surface area contributed by atoms with Gasteiger partial charge >= 0.3 is 5.97 Å². The number of aryl methyl sites for hydroxylation is 1. The SMILES string of the molecule is O=C(O)CCn1ccc(C(=O)N2CCCC2)n1. The fourth-order valence-electron chi connectivity index (χ4n) is 1.89. The van der Waals surface area contributed by atoms with Gasteiger partial charge in [0.1, 0.15) is 5.69 Å². The van der Waals surface area contributed by atoms with Gasteiger partial charge in [0, 0.05) is 19.3 Å². The number of nitrogens with zero attached hydrogens (tertiary/aromatic N) is 3. The van der Waals surface area contributed by atoms with Crippen molar-refractivity contribution < 1.29 is 14.7 Å². The molecule has 1 fully saturated rings. The van der Waals surface area contributed by atoms with Gasteiger partial charge in [-0.2, -0.15) is 5.10 Å². The maximum absolute atomic E-state index is 11.9. The Labute approximate surface area is 98.8 Å². The number of hydrogen-bond donors (Lipinski definition) is 1. The zero-order valence-corrected chi connectivity index (χ0v) is 9.50. The molecule has 1 amide bonds. The molecule has 0 aliphatic carbocycles. The molecule has 0 saturated carbocycles. The average molecular weight is 237 g/mol. The normalized spacial score (nSPS) is 15.2. The van der Waals surface area contributed by atoms with Gasteiger partial charge < -0.3 is 10.0 Å². The molecule has 17 heavy (non-hydrogen) atoms. The second kappa shape index (κ2) is 4.99. The smallest absolute Gasteiger partial charge is 0.305 e. The van der Waals surface area contributed by atoms with Gasteiger partial charge in [0.05, 0.1) is 13.0 Å². The predicted molar refractivity (Wildman–Crippen MR) is 59.6 cm³/mol. The summed E-state index contributed by atoms with van der Waals surface area (Å²) in [6, 6.07) is 1.64. The Morgan fingerprint density at radius 3 is 2.71 bits per heavy atom. The molecule has 1 aliphatic heterocycles. The van der Waals surface area contributed by atoms with E-state index in [0.717, 1.165) is 25.9 Å². The van der Waals surface area contributed by atoms with Gasteiger partial charge in [-0.3, -0.25) is 14.3 Å². The largest absolute Gasteiger partial charge is 0.481 e. The van der Waals surface area contributed by atoms with Crippen LogP contribution in [0.15, 0.2) is 12.3 Å². The minimum Gasteiger partial charge on any atom is -0.481 e. The Morgan fingerprint density at radius 2 is 2.06 bits per heavy atom. The summed E-state index contributed by atoms with van der Waals surface area (Å²) in [4.78, 5) is 24.1. The van der Waals surface area contributed by atoms with E-state index in [2.05, 4.69) is 5.10 Å². The topological polar surface area (TPSA) is 75.4 Å². The maximum atomic E-state index is 11.9. The summed E-state index contributed by atoms with van der Waals surface area (Å²) in [5, 5.41) is 12.6. The molecule has 92 valence electrons. The second-order valence-electron chi connectivity index (χ2n) is 4.11. The van der Waals surface area contributed by atoms with E-state index in [4.69, 9.17) is 5.11 Å². The van der Waals surface area contributed by atoms with E-state index in [0.29, 0.717) is 12.2 Å². The number of aliphatic carboxylic acids is 1. The van der Waals surface area contributed by atoms with E-state index in [-0.39, 0.29) is 12.3 Å². The molecule has 6 nitrogen and oxygen atoms in total. The average Bonchev–Trinajstić information content (AvgIpc) is 2.97. The third-order valence-electron chi connectivity index (χ3n) is 2.81. The summed E-state index contributed by atoms with van der Waals surface area (Å²) in [5.41, 5.74) is 0.400. The van der Waals surface area contributed by atoms with Crippen LogP contribution < -0.4 is 0 Å². The molecule has 0 atom stereocenters. The van der Waals surface area contributed by atoms with Gasteiger partial charge in [0.25, 0.3) is 5.91 Å². The zero-order chi connectivity index (χ0) is 12.3. The van der Waals surface area contributed by atoms with Crippen molar-refractivity contribution in [3.63, 3.8) is 0 Å². The van der Waals surface area contributed by atoms with Crippen LogP contribution >= 0.6 is 0 Å². The lowest BCUT2D eigenvalue weighted by Crippen LogP contribution is -2.28. The Balaban J connectivity index is 1.97. The number of likely N-dealkylation sites (tertiary alicyclic amines) is 1. The molecule has 6 heteroatoms. The van der Waals surface area contributed by atoms with E-state index in [9.17, 15) is 9.59 Å². The van der Waals surface area contributed by atoms with Crippen molar-refractivity contribution in [3.05, 3.63) is 18.0 Å². The Bertz CT molecular complexity index is 421. The van der Waals surface area contributed by atoms with Crippen LogP contribution in [0.2, 0.25) is 0 Å². The molecule has 1 aliphatic rings. The highest BCUT2D eigenvalue weighted by Gasteiger charge is 2.21. The van der Waals surface area contributed by atoms with Crippen molar-refractivity contribution in [2.24, 2.45) is 0 Å². The molecule has 2 heterocycles. The number of carboxylic acids is 1. The van der Waals surface area contributed by atoms with Crippen LogP contribution in [0.3, 0.4) is 0 Å². The van der Waals surface area contributed by atoms with E-state index < -0.39 is 5.97 Å². The molecule has 1 N–H and O–H groups in total. The van der Waals surface area contributed by atoms with E-state index in [1.807, 2.05) is 0 Å². The molecule has 2 rings (SSSR count). The molecule has 0 aromatic carbocycles. The van der Waals surface area contributed by atoms with Crippen molar-refractivity contribution in [2.45, 2.75) is 25.8 Å². The predicted octanol–water partition coefficient (Wildman–Crippen LogP) is 0.594. The van der Waals surface area contributed by atoms with Crippen LogP contribution in [0, 0.1) is 0 Å². The van der Waals surface area contributed by atoms with Gasteiger partial charge in [-0.15, -0.1) is 0 Å². The van der Waals surface area contributed by atoms with E-state index in [1.165, 1.54) is 4.68 Å². The molecule has 1 aromatic rings. The molecular weight excluding hydrogens is 222 g/mol. The van der Waals surface area contributed by atoms with Crippen LogP contribution in [0.1, 0.15) is 29.8 Å². The first-order chi connectivity index (χ1) is 8.16. The highest BCUT2D eigenvalue weighted by molar-refractivity contribution is 5.92. The monoisotopic (exact) mass is 237 g/mol. The molecule has 0 unspecified atom stereocenters. The van der Waals surface area contributed by atoms with Gasteiger partial charge in [0.15, 0.2) is 0 Å². The molecule has 0 spiro atoms. The summed E-state index contributed by atoms with van der Waals surface area (Å²) in [6.45, 7) is 1.88. The Hall–Kier alpha value is -1.85.